The molecule has 4 saturated heterocycles. The SMILES string of the molecule is C=C(CC)CO[C@@H]1[C@@H](C)C(=NC(C)=O)[C@H](C)C[C@@](C)(O)C(O[C@@H]2O[C@H](C)C[C@H](N(C)C)[C@H]2OC(C)=O)[C@@H](C)C(=O)[C@@H](C)C(=O)O[C@H](CC)[C@@]1(C)O.C=C(CC)CO[C@@H]1[C@@H](C)C(=NC(C)=O)[C@H](C)C[C@@](C)(O)C(O[C@@H]2O[C@H](C)C[C@H](N(C)C)[C@H]2OC(C)=O)[C@@H](C)C(=O)[C@](C)(F)C(=O)O[C@H](CC)[C@@]1(C)O. The van der Waals surface area contributed by atoms with Crippen LogP contribution in [-0.4, -0.2) is 244 Å². The second-order valence-corrected chi connectivity index (χ2v) is 30.9. The van der Waals surface area contributed by atoms with Crippen molar-refractivity contribution in [3.05, 3.63) is 24.3 Å². The van der Waals surface area contributed by atoms with E-state index >= 15 is 4.39 Å². The lowest BCUT2D eigenvalue weighted by Gasteiger charge is -2.47. The Morgan fingerprint density at radius 3 is 1.22 bits per heavy atom. The number of ether oxygens (including phenoxy) is 10. The molecule has 0 bridgehead atoms. The number of hydrogen-bond acceptors (Lipinski definition) is 24. The van der Waals surface area contributed by atoms with Gasteiger partial charge in [0.1, 0.15) is 29.3 Å². The van der Waals surface area contributed by atoms with E-state index in [2.05, 4.69) is 23.1 Å². The van der Waals surface area contributed by atoms with Gasteiger partial charge in [-0.25, -0.2) is 19.2 Å². The second kappa shape index (κ2) is 38.6. The third-order valence-corrected chi connectivity index (χ3v) is 20.8. The number of carbonyl (C=O) groups excluding carboxylic acids is 8. The molecule has 4 rings (SSSR count). The van der Waals surface area contributed by atoms with Crippen molar-refractivity contribution in [2.45, 2.75) is 317 Å². The minimum atomic E-state index is -3.25. The summed E-state index contributed by atoms with van der Waals surface area (Å²) in [7, 11) is 7.30. The van der Waals surface area contributed by atoms with Crippen LogP contribution in [0.25, 0.3) is 0 Å². The first-order chi connectivity index (χ1) is 47.3. The summed E-state index contributed by atoms with van der Waals surface area (Å²) < 4.78 is 77.5. The molecule has 4 fully saturated rings. The van der Waals surface area contributed by atoms with Gasteiger partial charge in [0.2, 0.25) is 11.8 Å². The highest BCUT2D eigenvalue weighted by Crippen LogP contribution is 2.42. The van der Waals surface area contributed by atoms with Gasteiger partial charge in [0.15, 0.2) is 36.4 Å². The van der Waals surface area contributed by atoms with Gasteiger partial charge >= 0.3 is 23.9 Å². The first-order valence-electron chi connectivity index (χ1n) is 36.4. The van der Waals surface area contributed by atoms with Crippen molar-refractivity contribution in [3.63, 3.8) is 0 Å². The third-order valence-electron chi connectivity index (χ3n) is 20.8. The Kier molecular flexibility index (Phi) is 34.5. The number of hydrogen-bond donors (Lipinski definition) is 4. The van der Waals surface area contributed by atoms with Gasteiger partial charge in [-0.15, -0.1) is 0 Å². The number of Topliss-reactive ketones (excluding diaryl/α,β-unsaturated/α-hetero) is 2. The van der Waals surface area contributed by atoms with Gasteiger partial charge in [-0.2, -0.15) is 0 Å². The standard InChI is InChI=1S/C38H63FN2O11.C38H64N2O11/c1-15-20(3)19-48-33-23(6)29(40-25(8)42)21(4)18-36(10,46)32(52-34-30(50-26(9)43)27(41(13)14)17-22(5)49-34)24(7)31(44)37(11,39)35(45)51-28(16-2)38(33,12)47;1-15-20(3)19-47-34-23(6)30(39-26(9)41)21(4)18-37(11,45)33(24(7)31(43)25(8)35(44)50-29(16-2)38(34,12)46)51-36-32(49-27(10)42)28(40(13)14)17-22(5)48-36/h21-24,27-28,30,32-34,46-47H,3,15-19H2,1-2,4-14H3;21-25,28-29,32-34,36,45-46H,3,15-19H2,1-2,4-14H3/t21-,22-,23+,24+,27+,28-,30-,32?,33-,34+,36-,37+,38-;21-,22-,23+,24+,25-,28+,29-,32-,33?,34-,36+,37-,38-/m11/s1. The van der Waals surface area contributed by atoms with Crippen LogP contribution < -0.4 is 0 Å². The zero-order valence-electron chi connectivity index (χ0n) is 66.4. The fourth-order valence-electron chi connectivity index (χ4n) is 15.1. The number of cyclic esters (lactones) is 2. The number of ketones is 2. The zero-order valence-corrected chi connectivity index (χ0v) is 66.4. The van der Waals surface area contributed by atoms with E-state index < -0.39 is 184 Å². The number of aliphatic hydroxyl groups is 4. The van der Waals surface area contributed by atoms with Gasteiger partial charge < -0.3 is 77.6 Å². The molecule has 27 heteroatoms. The van der Waals surface area contributed by atoms with Crippen molar-refractivity contribution >= 4 is 58.7 Å². The Morgan fingerprint density at radius 1 is 0.553 bits per heavy atom. The molecule has 4 aliphatic heterocycles. The molecule has 0 radical (unpaired) electrons. The van der Waals surface area contributed by atoms with Crippen LogP contribution in [0.3, 0.4) is 0 Å². The molecule has 0 spiro atoms. The maximum absolute atomic E-state index is 16.6. The van der Waals surface area contributed by atoms with Crippen LogP contribution in [0.2, 0.25) is 0 Å². The van der Waals surface area contributed by atoms with Crippen LogP contribution in [0.1, 0.15) is 204 Å². The molecular weight excluding hydrogens is 1340 g/mol. The Bertz CT molecular complexity index is 3000. The Balaban J connectivity index is 0.000000535. The van der Waals surface area contributed by atoms with Crippen LogP contribution in [0, 0.1) is 41.4 Å². The molecule has 103 heavy (non-hydrogen) atoms. The molecule has 0 aromatic rings. The van der Waals surface area contributed by atoms with Gasteiger partial charge in [-0.3, -0.25) is 33.6 Å². The second-order valence-electron chi connectivity index (χ2n) is 30.9. The van der Waals surface area contributed by atoms with Crippen molar-refractivity contribution < 1.29 is 111 Å². The molecule has 26 nitrogen and oxygen atoms in total. The number of esters is 4. The molecular formula is C76H127FN4O22. The van der Waals surface area contributed by atoms with Gasteiger partial charge in [0.25, 0.3) is 5.67 Å². The molecule has 4 heterocycles. The highest BCUT2D eigenvalue weighted by molar-refractivity contribution is 6.08. The highest BCUT2D eigenvalue weighted by Gasteiger charge is 2.58. The number of halogens is 1. The molecule has 2 amide bonds. The largest absolute Gasteiger partial charge is 0.459 e. The summed E-state index contributed by atoms with van der Waals surface area (Å²) in [6.45, 7) is 41.9. The summed E-state index contributed by atoms with van der Waals surface area (Å²) >= 11 is 0. The topological polar surface area (TPSA) is 341 Å². The van der Waals surface area contributed by atoms with Crippen molar-refractivity contribution in [1.29, 1.82) is 0 Å². The summed E-state index contributed by atoms with van der Waals surface area (Å²) in [5.74, 6) is -13.2. The average Bonchev–Trinajstić information content (AvgIpc) is 0.776. The van der Waals surface area contributed by atoms with Crippen molar-refractivity contribution in [2.75, 3.05) is 41.4 Å². The molecule has 0 aromatic carbocycles. The number of carbonyl (C=O) groups is 8. The molecule has 4 N–H and O–H groups in total. The van der Waals surface area contributed by atoms with Gasteiger partial charge in [0.05, 0.1) is 73.1 Å². The minimum Gasteiger partial charge on any atom is -0.459 e. The van der Waals surface area contributed by atoms with E-state index in [1.54, 1.807) is 69.5 Å². The molecule has 26 atom stereocenters. The van der Waals surface area contributed by atoms with E-state index in [1.807, 2.05) is 44.7 Å². The maximum atomic E-state index is 16.6. The number of amides is 2. The molecule has 590 valence electrons. The van der Waals surface area contributed by atoms with E-state index in [0.717, 1.165) is 12.5 Å². The maximum Gasteiger partial charge on any atom is 0.351 e. The average molecular weight is 1470 g/mol. The van der Waals surface area contributed by atoms with E-state index in [4.69, 9.17) is 47.4 Å². The molecule has 4 aliphatic rings. The Labute approximate surface area is 611 Å². The first-order valence-corrected chi connectivity index (χ1v) is 36.4. The fourth-order valence-corrected chi connectivity index (χ4v) is 15.1. The smallest absolute Gasteiger partial charge is 0.351 e. The fraction of sp³-hybridized carbons (Fsp3) is 0.816. The summed E-state index contributed by atoms with van der Waals surface area (Å²) in [5, 5.41) is 49.0. The van der Waals surface area contributed by atoms with Crippen molar-refractivity contribution in [2.24, 2.45) is 51.4 Å². The van der Waals surface area contributed by atoms with Gasteiger partial charge in [0, 0.05) is 62.8 Å². The molecule has 2 unspecified atom stereocenters. The van der Waals surface area contributed by atoms with Crippen molar-refractivity contribution in [1.82, 2.24) is 9.80 Å². The van der Waals surface area contributed by atoms with Gasteiger partial charge in [-0.1, -0.05) is 93.5 Å². The number of aliphatic imine (C=N–C) groups is 2. The number of alkyl halides is 1. The first kappa shape index (κ1) is 92.0. The van der Waals surface area contributed by atoms with Crippen LogP contribution in [0.5, 0.6) is 0 Å². The summed E-state index contributed by atoms with van der Waals surface area (Å²) in [5.41, 5.74) is -8.76. The Hall–Kier alpha value is -5.17. The Morgan fingerprint density at radius 2 is 0.903 bits per heavy atom. The van der Waals surface area contributed by atoms with Crippen LogP contribution in [0.4, 0.5) is 4.39 Å². The zero-order chi connectivity index (χ0) is 79.3. The summed E-state index contributed by atoms with van der Waals surface area (Å²) in [4.78, 5) is 118. The van der Waals surface area contributed by atoms with Crippen LogP contribution >= 0.6 is 0 Å². The summed E-state index contributed by atoms with van der Waals surface area (Å²) in [6, 6.07) is -0.693. The summed E-state index contributed by atoms with van der Waals surface area (Å²) in [6.07, 6.45) is -10.5. The molecule has 0 aromatic heterocycles. The quantitative estimate of drug-likeness (QED) is 0.0435. The number of nitrogens with zero attached hydrogens (tertiary/aromatic N) is 4. The molecule has 0 aliphatic carbocycles. The lowest BCUT2D eigenvalue weighted by atomic mass is 9.73. The number of likely N-dealkylation sites (N-methyl/N-ethyl adjacent to an activating group) is 2. The van der Waals surface area contributed by atoms with E-state index in [-0.39, 0.29) is 62.8 Å². The number of rotatable bonds is 18. The van der Waals surface area contributed by atoms with E-state index in [0.29, 0.717) is 37.0 Å². The predicted molar refractivity (Wildman–Crippen MR) is 384 cm³/mol. The third kappa shape index (κ3) is 23.9. The van der Waals surface area contributed by atoms with Crippen LogP contribution in [-0.2, 0) is 85.7 Å². The monoisotopic (exact) mass is 1470 g/mol. The van der Waals surface area contributed by atoms with Crippen LogP contribution in [0.15, 0.2) is 34.3 Å². The molecule has 0 saturated carbocycles. The van der Waals surface area contributed by atoms with E-state index in [9.17, 15) is 58.8 Å². The normalized spacial score (nSPS) is 40.1. The predicted octanol–water partition coefficient (Wildman–Crippen LogP) is 8.19. The van der Waals surface area contributed by atoms with Gasteiger partial charge in [-0.05, 0) is 147 Å². The highest BCUT2D eigenvalue weighted by atomic mass is 19.1. The van der Waals surface area contributed by atoms with E-state index in [1.165, 1.54) is 69.2 Å². The minimum absolute atomic E-state index is 0.00941. The van der Waals surface area contributed by atoms with Crippen molar-refractivity contribution in [3.8, 4) is 0 Å². The lowest BCUT2D eigenvalue weighted by molar-refractivity contribution is -0.295. The lowest BCUT2D eigenvalue weighted by Crippen LogP contribution is -2.61.